The molecule has 0 bridgehead atoms. The quantitative estimate of drug-likeness (QED) is 0.810. The monoisotopic (exact) mass is 281 g/mol. The highest BCUT2D eigenvalue weighted by Crippen LogP contribution is 2.38. The maximum Gasteiger partial charge on any atom is 0.261 e. The van der Waals surface area contributed by atoms with Crippen molar-refractivity contribution in [2.75, 3.05) is 20.3 Å². The predicted molar refractivity (Wildman–Crippen MR) is 78.6 cm³/mol. The van der Waals surface area contributed by atoms with Gasteiger partial charge in [-0.1, -0.05) is 12.1 Å². The highest BCUT2D eigenvalue weighted by Gasteiger charge is 2.34. The Labute approximate surface area is 122 Å². The zero-order valence-electron chi connectivity index (χ0n) is 11.8. The minimum Gasteiger partial charge on any atom is -0.383 e. The lowest BCUT2D eigenvalue weighted by Crippen LogP contribution is -2.42. The Kier molecular flexibility index (Phi) is 2.62. The molecule has 0 atom stereocenters. The third-order valence-corrected chi connectivity index (χ3v) is 4.47. The molecule has 0 saturated carbocycles. The Morgan fingerprint density at radius 3 is 2.05 bits per heavy atom. The van der Waals surface area contributed by atoms with E-state index in [-0.39, 0.29) is 11.8 Å². The third kappa shape index (κ3) is 1.59. The van der Waals surface area contributed by atoms with Crippen molar-refractivity contribution in [1.82, 2.24) is 4.90 Å². The number of carbonyl (C=O) groups is 2. The lowest BCUT2D eigenvalue weighted by molar-refractivity contribution is 0.0560. The summed E-state index contributed by atoms with van der Waals surface area (Å²) in [5.74, 6) is -0.416. The Bertz CT molecular complexity index is 735. The zero-order chi connectivity index (χ0) is 14.6. The van der Waals surface area contributed by atoms with Crippen LogP contribution in [0.5, 0.6) is 0 Å². The van der Waals surface area contributed by atoms with Gasteiger partial charge in [0.05, 0.1) is 13.2 Å². The SMILES string of the molecule is COCCN1C(=O)c2ccc3c4c(ccc(c24)C1=O)CC3. The Morgan fingerprint density at radius 2 is 1.52 bits per heavy atom. The van der Waals surface area contributed by atoms with Crippen LogP contribution in [0.3, 0.4) is 0 Å². The molecule has 2 amide bonds. The summed E-state index contributed by atoms with van der Waals surface area (Å²) in [6, 6.07) is 7.79. The van der Waals surface area contributed by atoms with E-state index in [0.29, 0.717) is 24.3 Å². The highest BCUT2D eigenvalue weighted by molar-refractivity contribution is 6.26. The summed E-state index contributed by atoms with van der Waals surface area (Å²) >= 11 is 0. The van der Waals surface area contributed by atoms with E-state index < -0.39 is 0 Å². The molecule has 0 unspecified atom stereocenters. The largest absolute Gasteiger partial charge is 0.383 e. The first-order valence-electron chi connectivity index (χ1n) is 7.15. The molecule has 1 aliphatic carbocycles. The molecule has 2 aliphatic rings. The summed E-state index contributed by atoms with van der Waals surface area (Å²) in [4.78, 5) is 26.5. The molecule has 106 valence electrons. The van der Waals surface area contributed by atoms with E-state index in [1.807, 2.05) is 24.3 Å². The summed E-state index contributed by atoms with van der Waals surface area (Å²) in [6.45, 7) is 0.644. The Balaban J connectivity index is 1.97. The van der Waals surface area contributed by atoms with Gasteiger partial charge in [0.1, 0.15) is 0 Å². The number of aryl methyl sites for hydroxylation is 2. The molecule has 4 rings (SSSR count). The number of ether oxygens (including phenoxy) is 1. The zero-order valence-corrected chi connectivity index (χ0v) is 11.8. The lowest BCUT2D eigenvalue weighted by atomic mass is 9.91. The van der Waals surface area contributed by atoms with Crippen LogP contribution < -0.4 is 0 Å². The minimum absolute atomic E-state index is 0.208. The van der Waals surface area contributed by atoms with Crippen LogP contribution in [0.2, 0.25) is 0 Å². The molecule has 0 fully saturated rings. The predicted octanol–water partition coefficient (Wildman–Crippen LogP) is 2.18. The minimum atomic E-state index is -0.208. The maximum atomic E-state index is 12.6. The number of hydrogen-bond donors (Lipinski definition) is 0. The van der Waals surface area contributed by atoms with Crippen molar-refractivity contribution >= 4 is 22.6 Å². The van der Waals surface area contributed by atoms with Crippen LogP contribution in [0.25, 0.3) is 10.8 Å². The third-order valence-electron chi connectivity index (χ3n) is 4.47. The number of benzene rings is 2. The van der Waals surface area contributed by atoms with Gasteiger partial charge in [-0.05, 0) is 41.5 Å². The van der Waals surface area contributed by atoms with Gasteiger partial charge in [-0.25, -0.2) is 0 Å². The highest BCUT2D eigenvalue weighted by atomic mass is 16.5. The number of amides is 2. The molecular formula is C17H15NO3. The molecule has 2 aromatic rings. The van der Waals surface area contributed by atoms with Gasteiger partial charge in [0.25, 0.3) is 11.8 Å². The second-order valence-corrected chi connectivity index (χ2v) is 5.55. The van der Waals surface area contributed by atoms with Gasteiger partial charge in [0.15, 0.2) is 0 Å². The smallest absolute Gasteiger partial charge is 0.261 e. The molecular weight excluding hydrogens is 266 g/mol. The standard InChI is InChI=1S/C17H15NO3/c1-21-9-8-18-16(19)12-6-4-10-2-3-11-5-7-13(17(18)20)15(12)14(10)11/h4-7H,2-3,8-9H2,1H3. The second-order valence-electron chi connectivity index (χ2n) is 5.55. The summed E-state index contributed by atoms with van der Waals surface area (Å²) < 4.78 is 5.00. The van der Waals surface area contributed by atoms with Crippen molar-refractivity contribution in [2.24, 2.45) is 0 Å². The van der Waals surface area contributed by atoms with Crippen molar-refractivity contribution in [3.8, 4) is 0 Å². The second kappa shape index (κ2) is 4.40. The normalized spacial score (nSPS) is 16.1. The molecule has 21 heavy (non-hydrogen) atoms. The van der Waals surface area contributed by atoms with Gasteiger partial charge in [-0.15, -0.1) is 0 Å². The molecule has 4 heteroatoms. The van der Waals surface area contributed by atoms with Crippen LogP contribution in [0, 0.1) is 0 Å². The molecule has 0 saturated heterocycles. The molecule has 4 nitrogen and oxygen atoms in total. The van der Waals surface area contributed by atoms with Crippen LogP contribution in [-0.4, -0.2) is 37.0 Å². The van der Waals surface area contributed by atoms with Gasteiger partial charge >= 0.3 is 0 Å². The molecule has 1 aliphatic heterocycles. The summed E-state index contributed by atoms with van der Waals surface area (Å²) in [5.41, 5.74) is 3.78. The first-order valence-corrected chi connectivity index (χ1v) is 7.15. The molecule has 0 aromatic heterocycles. The van der Waals surface area contributed by atoms with Crippen LogP contribution in [0.1, 0.15) is 31.8 Å². The number of methoxy groups -OCH3 is 1. The van der Waals surface area contributed by atoms with E-state index >= 15 is 0 Å². The van der Waals surface area contributed by atoms with Gasteiger partial charge < -0.3 is 4.74 Å². The number of rotatable bonds is 3. The van der Waals surface area contributed by atoms with Crippen molar-refractivity contribution in [1.29, 1.82) is 0 Å². The van der Waals surface area contributed by atoms with Crippen molar-refractivity contribution < 1.29 is 14.3 Å². The van der Waals surface area contributed by atoms with E-state index in [1.54, 1.807) is 7.11 Å². The van der Waals surface area contributed by atoms with Crippen molar-refractivity contribution in [2.45, 2.75) is 12.8 Å². The fraction of sp³-hybridized carbons (Fsp3) is 0.294. The van der Waals surface area contributed by atoms with E-state index in [9.17, 15) is 9.59 Å². The number of hydrogen-bond acceptors (Lipinski definition) is 3. The van der Waals surface area contributed by atoms with Crippen LogP contribution in [0.15, 0.2) is 24.3 Å². The fourth-order valence-electron chi connectivity index (χ4n) is 3.45. The topological polar surface area (TPSA) is 46.6 Å². The van der Waals surface area contributed by atoms with E-state index in [0.717, 1.165) is 23.6 Å². The fourth-order valence-corrected chi connectivity index (χ4v) is 3.45. The molecule has 0 spiro atoms. The van der Waals surface area contributed by atoms with Gasteiger partial charge in [-0.2, -0.15) is 0 Å². The van der Waals surface area contributed by atoms with E-state index in [2.05, 4.69) is 0 Å². The molecule has 2 aromatic carbocycles. The van der Waals surface area contributed by atoms with Gasteiger partial charge in [-0.3, -0.25) is 14.5 Å². The van der Waals surface area contributed by atoms with Crippen LogP contribution in [0.4, 0.5) is 0 Å². The van der Waals surface area contributed by atoms with Crippen LogP contribution in [-0.2, 0) is 17.6 Å². The van der Waals surface area contributed by atoms with Crippen LogP contribution >= 0.6 is 0 Å². The molecule has 1 heterocycles. The number of nitrogens with zero attached hydrogens (tertiary/aromatic N) is 1. The number of imide groups is 1. The van der Waals surface area contributed by atoms with E-state index in [4.69, 9.17) is 4.74 Å². The van der Waals surface area contributed by atoms with Crippen molar-refractivity contribution in [3.63, 3.8) is 0 Å². The molecule has 0 radical (unpaired) electrons. The lowest BCUT2D eigenvalue weighted by Gasteiger charge is -2.27. The maximum absolute atomic E-state index is 12.6. The average Bonchev–Trinajstić information content (AvgIpc) is 2.92. The number of carbonyl (C=O) groups excluding carboxylic acids is 2. The van der Waals surface area contributed by atoms with E-state index in [1.165, 1.54) is 16.0 Å². The first-order chi connectivity index (χ1) is 10.2. The van der Waals surface area contributed by atoms with Gasteiger partial charge in [0, 0.05) is 23.6 Å². The first kappa shape index (κ1) is 12.5. The average molecular weight is 281 g/mol. The Morgan fingerprint density at radius 1 is 0.952 bits per heavy atom. The molecule has 0 N–H and O–H groups in total. The summed E-state index contributed by atoms with van der Waals surface area (Å²) in [5, 5.41) is 1.98. The van der Waals surface area contributed by atoms with Gasteiger partial charge in [0.2, 0.25) is 0 Å². The van der Waals surface area contributed by atoms with Crippen molar-refractivity contribution in [3.05, 3.63) is 46.5 Å². The Hall–Kier alpha value is -2.20. The summed E-state index contributed by atoms with van der Waals surface area (Å²) in [7, 11) is 1.56. The summed E-state index contributed by atoms with van der Waals surface area (Å²) in [6.07, 6.45) is 1.98.